The average Bonchev–Trinajstić information content (AvgIpc) is 3.07. The van der Waals surface area contributed by atoms with Gasteiger partial charge in [0.2, 0.25) is 0 Å². The number of aromatic nitrogens is 2. The number of hydrogen-bond donors (Lipinski definition) is 0. The Morgan fingerprint density at radius 3 is 1.44 bits per heavy atom. The number of halogens is 2. The first kappa shape index (κ1) is 15.1. The molecule has 0 unspecified atom stereocenters. The van der Waals surface area contributed by atoms with Gasteiger partial charge in [0.25, 0.3) is 0 Å². The van der Waals surface area contributed by atoms with Crippen LogP contribution >= 0.6 is 23.2 Å². The van der Waals surface area contributed by atoms with Crippen LogP contribution in [0.4, 0.5) is 0 Å². The molecule has 2 rings (SSSR count). The van der Waals surface area contributed by atoms with E-state index in [1.807, 2.05) is 26.0 Å². The first-order chi connectivity index (χ1) is 8.73. The van der Waals surface area contributed by atoms with E-state index in [2.05, 4.69) is 10.3 Å². The average molecular weight is 291 g/mol. The molecule has 0 amide bonds. The highest BCUT2D eigenvalue weighted by atomic mass is 35.5. The topological polar surface area (TPSA) is 52.1 Å². The summed E-state index contributed by atoms with van der Waals surface area (Å²) in [6, 6.07) is 3.74. The Bertz CT molecular complexity index is 375. The molecule has 2 aromatic heterocycles. The van der Waals surface area contributed by atoms with Gasteiger partial charge in [-0.15, -0.1) is 23.2 Å². The van der Waals surface area contributed by atoms with Crippen LogP contribution in [-0.4, -0.2) is 10.3 Å². The summed E-state index contributed by atoms with van der Waals surface area (Å²) in [5.41, 5.74) is 1.93. The molecule has 0 N–H and O–H groups in total. The molecule has 0 aromatic carbocycles. The quantitative estimate of drug-likeness (QED) is 0.800. The van der Waals surface area contributed by atoms with Crippen LogP contribution in [0.15, 0.2) is 21.2 Å². The minimum absolute atomic E-state index is 0.410. The van der Waals surface area contributed by atoms with Crippen LogP contribution in [0.3, 0.4) is 0 Å². The molecule has 0 spiro atoms. The third-order valence-corrected chi connectivity index (χ3v) is 2.73. The zero-order valence-corrected chi connectivity index (χ0v) is 12.0. The number of alkyl halides is 2. The summed E-state index contributed by atoms with van der Waals surface area (Å²) in [5, 5.41) is 7.49. The highest BCUT2D eigenvalue weighted by Crippen LogP contribution is 2.06. The minimum atomic E-state index is 0.410. The molecule has 0 saturated carbocycles. The smallest absolute Gasteiger partial charge is 0.151 e. The normalized spacial score (nSPS) is 10.0. The van der Waals surface area contributed by atoms with E-state index in [0.29, 0.717) is 11.8 Å². The standard InChI is InChI=1S/2C6H8ClNO/c2*1-2-5-3-6(4-7)9-8-5/h2*3H,2,4H2,1H3. The molecule has 0 atom stereocenters. The zero-order chi connectivity index (χ0) is 13.4. The van der Waals surface area contributed by atoms with Gasteiger partial charge >= 0.3 is 0 Å². The SMILES string of the molecule is CCc1cc(CCl)on1.CCc1cc(CCl)on1. The van der Waals surface area contributed by atoms with E-state index in [9.17, 15) is 0 Å². The van der Waals surface area contributed by atoms with E-state index < -0.39 is 0 Å². The summed E-state index contributed by atoms with van der Waals surface area (Å²) >= 11 is 10.9. The molecule has 0 aliphatic heterocycles. The molecule has 0 aliphatic carbocycles. The van der Waals surface area contributed by atoms with Crippen molar-refractivity contribution in [3.63, 3.8) is 0 Å². The second kappa shape index (κ2) is 8.16. The van der Waals surface area contributed by atoms with Crippen molar-refractivity contribution in [3.05, 3.63) is 35.0 Å². The van der Waals surface area contributed by atoms with Crippen LogP contribution in [0, 0.1) is 0 Å². The molecule has 100 valence electrons. The van der Waals surface area contributed by atoms with Crippen molar-refractivity contribution in [1.82, 2.24) is 10.3 Å². The molecule has 6 heteroatoms. The van der Waals surface area contributed by atoms with Crippen LogP contribution < -0.4 is 0 Å². The lowest BCUT2D eigenvalue weighted by Crippen LogP contribution is -1.74. The molecular formula is C12H16Cl2N2O2. The molecule has 0 radical (unpaired) electrons. The predicted molar refractivity (Wildman–Crippen MR) is 70.9 cm³/mol. The summed E-state index contributed by atoms with van der Waals surface area (Å²) in [4.78, 5) is 0. The molecule has 4 nitrogen and oxygen atoms in total. The van der Waals surface area contributed by atoms with Crippen molar-refractivity contribution < 1.29 is 9.05 Å². The highest BCUT2D eigenvalue weighted by Gasteiger charge is 1.99. The van der Waals surface area contributed by atoms with Gasteiger partial charge in [0.1, 0.15) is 0 Å². The molecule has 2 heterocycles. The van der Waals surface area contributed by atoms with Gasteiger partial charge in [0.15, 0.2) is 11.5 Å². The molecule has 0 saturated heterocycles. The van der Waals surface area contributed by atoms with Gasteiger partial charge in [-0.2, -0.15) is 0 Å². The van der Waals surface area contributed by atoms with Crippen molar-refractivity contribution in [2.75, 3.05) is 0 Å². The Morgan fingerprint density at radius 2 is 1.28 bits per heavy atom. The van der Waals surface area contributed by atoms with Crippen LogP contribution in [-0.2, 0) is 24.6 Å². The minimum Gasteiger partial charge on any atom is -0.360 e. The first-order valence-corrected chi connectivity index (χ1v) is 6.81. The van der Waals surface area contributed by atoms with Gasteiger partial charge in [-0.05, 0) is 12.8 Å². The molecule has 0 fully saturated rings. The van der Waals surface area contributed by atoms with Crippen molar-refractivity contribution in [2.24, 2.45) is 0 Å². The van der Waals surface area contributed by atoms with E-state index in [1.165, 1.54) is 0 Å². The molecular weight excluding hydrogens is 275 g/mol. The molecule has 0 bridgehead atoms. The Balaban J connectivity index is 0.000000180. The second-order valence-corrected chi connectivity index (χ2v) is 4.08. The van der Waals surface area contributed by atoms with Crippen LogP contribution in [0.25, 0.3) is 0 Å². The van der Waals surface area contributed by atoms with Gasteiger partial charge in [0.05, 0.1) is 23.1 Å². The largest absolute Gasteiger partial charge is 0.360 e. The van der Waals surface area contributed by atoms with E-state index in [-0.39, 0.29) is 0 Å². The van der Waals surface area contributed by atoms with Gasteiger partial charge in [-0.1, -0.05) is 24.2 Å². The lowest BCUT2D eigenvalue weighted by molar-refractivity contribution is 0.388. The maximum absolute atomic E-state index is 5.46. The molecule has 0 aliphatic rings. The number of nitrogens with zero attached hydrogens (tertiary/aromatic N) is 2. The Kier molecular flexibility index (Phi) is 6.83. The molecule has 2 aromatic rings. The second-order valence-electron chi connectivity index (χ2n) is 3.54. The Morgan fingerprint density at radius 1 is 0.889 bits per heavy atom. The summed E-state index contributed by atoms with van der Waals surface area (Å²) < 4.78 is 9.65. The lowest BCUT2D eigenvalue weighted by atomic mass is 10.3. The molecule has 18 heavy (non-hydrogen) atoms. The van der Waals surface area contributed by atoms with Gasteiger partial charge in [-0.25, -0.2) is 0 Å². The summed E-state index contributed by atoms with van der Waals surface area (Å²) in [6.07, 6.45) is 1.81. The van der Waals surface area contributed by atoms with Crippen LogP contribution in [0.5, 0.6) is 0 Å². The fourth-order valence-electron chi connectivity index (χ4n) is 1.17. The monoisotopic (exact) mass is 290 g/mol. The summed E-state index contributed by atoms with van der Waals surface area (Å²) in [6.45, 7) is 4.05. The van der Waals surface area contributed by atoms with Crippen molar-refractivity contribution in [2.45, 2.75) is 38.4 Å². The summed E-state index contributed by atoms with van der Waals surface area (Å²) in [7, 11) is 0. The number of rotatable bonds is 4. The van der Waals surface area contributed by atoms with Crippen LogP contribution in [0.2, 0.25) is 0 Å². The van der Waals surface area contributed by atoms with Crippen molar-refractivity contribution in [1.29, 1.82) is 0 Å². The summed E-state index contributed by atoms with van der Waals surface area (Å²) in [5.74, 6) is 2.31. The fourth-order valence-corrected chi connectivity index (χ4v) is 1.42. The third-order valence-electron chi connectivity index (χ3n) is 2.20. The highest BCUT2D eigenvalue weighted by molar-refractivity contribution is 6.17. The Labute approximate surface area is 116 Å². The van der Waals surface area contributed by atoms with E-state index in [1.54, 1.807) is 0 Å². The van der Waals surface area contributed by atoms with Gasteiger partial charge < -0.3 is 9.05 Å². The lowest BCUT2D eigenvalue weighted by Gasteiger charge is -1.76. The number of hydrogen-bond acceptors (Lipinski definition) is 4. The number of aryl methyl sites for hydroxylation is 2. The van der Waals surface area contributed by atoms with Crippen molar-refractivity contribution >= 4 is 23.2 Å². The van der Waals surface area contributed by atoms with Crippen molar-refractivity contribution in [3.8, 4) is 0 Å². The maximum atomic E-state index is 5.46. The van der Waals surface area contributed by atoms with Gasteiger partial charge in [-0.3, -0.25) is 0 Å². The van der Waals surface area contributed by atoms with E-state index in [4.69, 9.17) is 32.2 Å². The van der Waals surface area contributed by atoms with E-state index in [0.717, 1.165) is 35.7 Å². The van der Waals surface area contributed by atoms with Gasteiger partial charge in [0, 0.05) is 12.1 Å². The Hall–Kier alpha value is -1.00. The van der Waals surface area contributed by atoms with E-state index >= 15 is 0 Å². The zero-order valence-electron chi connectivity index (χ0n) is 10.4. The fraction of sp³-hybridized carbons (Fsp3) is 0.500. The third kappa shape index (κ3) is 4.70. The first-order valence-electron chi connectivity index (χ1n) is 5.74. The maximum Gasteiger partial charge on any atom is 0.151 e. The van der Waals surface area contributed by atoms with Crippen LogP contribution in [0.1, 0.15) is 36.8 Å². The predicted octanol–water partition coefficient (Wildman–Crippen LogP) is 3.95.